The van der Waals surface area contributed by atoms with Gasteiger partial charge in [-0.3, -0.25) is 0 Å². The number of carbonyl (C=O) groups is 1. The average Bonchev–Trinajstić information content (AvgIpc) is 2.39. The Balaban J connectivity index is 2.17. The van der Waals surface area contributed by atoms with Crippen LogP contribution in [0.4, 0.5) is 0 Å². The minimum Gasteiger partial charge on any atom is -0.423 e. The van der Waals surface area contributed by atoms with E-state index in [0.29, 0.717) is 17.9 Å². The van der Waals surface area contributed by atoms with Crippen molar-refractivity contribution in [2.75, 3.05) is 0 Å². The second-order valence-electron chi connectivity index (χ2n) is 4.05. The quantitative estimate of drug-likeness (QED) is 0.664. The van der Waals surface area contributed by atoms with Crippen LogP contribution >= 0.6 is 0 Å². The molecule has 0 saturated carbocycles. The molecule has 0 radical (unpaired) electrons. The number of carbonyl (C=O) groups excluding carboxylic acids is 1. The van der Waals surface area contributed by atoms with Gasteiger partial charge in [0.05, 0.1) is 5.56 Å². The summed E-state index contributed by atoms with van der Waals surface area (Å²) < 4.78 is 5.26. The van der Waals surface area contributed by atoms with Gasteiger partial charge in [-0.1, -0.05) is 24.3 Å². The van der Waals surface area contributed by atoms with E-state index < -0.39 is 0 Å². The number of rotatable bonds is 3. The molecule has 0 atom stereocenters. The van der Waals surface area contributed by atoms with Crippen molar-refractivity contribution >= 4 is 5.97 Å². The van der Waals surface area contributed by atoms with E-state index in [2.05, 4.69) is 0 Å². The molecule has 0 aliphatic heterocycles. The van der Waals surface area contributed by atoms with E-state index in [9.17, 15) is 4.79 Å². The molecule has 3 heteroatoms. The zero-order chi connectivity index (χ0) is 13.0. The lowest BCUT2D eigenvalue weighted by atomic mass is 10.1. The number of nitrogens with two attached hydrogens (primary N) is 1. The van der Waals surface area contributed by atoms with E-state index >= 15 is 0 Å². The van der Waals surface area contributed by atoms with Crippen LogP contribution in [-0.4, -0.2) is 5.97 Å². The molecule has 0 amide bonds. The lowest BCUT2D eigenvalue weighted by Crippen LogP contribution is -2.09. The van der Waals surface area contributed by atoms with Gasteiger partial charge in [-0.15, -0.1) is 0 Å². The second-order valence-corrected chi connectivity index (χ2v) is 4.05. The minimum absolute atomic E-state index is 0.354. The summed E-state index contributed by atoms with van der Waals surface area (Å²) >= 11 is 0. The van der Waals surface area contributed by atoms with Crippen LogP contribution in [0.2, 0.25) is 0 Å². The fourth-order valence-electron chi connectivity index (χ4n) is 1.71. The van der Waals surface area contributed by atoms with Gasteiger partial charge in [-0.2, -0.15) is 0 Å². The van der Waals surface area contributed by atoms with Gasteiger partial charge in [-0.25, -0.2) is 4.79 Å². The number of benzene rings is 2. The first-order valence-electron chi connectivity index (χ1n) is 5.77. The summed E-state index contributed by atoms with van der Waals surface area (Å²) in [5.74, 6) is 0.191. The Labute approximate surface area is 106 Å². The number of hydrogen-bond donors (Lipinski definition) is 1. The number of aryl methyl sites for hydroxylation is 1. The summed E-state index contributed by atoms with van der Waals surface area (Å²) in [6.07, 6.45) is 0. The molecule has 0 aliphatic rings. The van der Waals surface area contributed by atoms with Crippen LogP contribution in [0.15, 0.2) is 48.5 Å². The highest BCUT2D eigenvalue weighted by molar-refractivity contribution is 5.91. The molecule has 0 aliphatic carbocycles. The maximum atomic E-state index is 11.9. The highest BCUT2D eigenvalue weighted by Gasteiger charge is 2.09. The maximum absolute atomic E-state index is 11.9. The summed E-state index contributed by atoms with van der Waals surface area (Å²) in [6, 6.07) is 14.4. The second kappa shape index (κ2) is 5.47. The number of para-hydroxylation sites is 1. The third-order valence-corrected chi connectivity index (χ3v) is 2.75. The van der Waals surface area contributed by atoms with Crippen molar-refractivity contribution in [1.82, 2.24) is 0 Å². The van der Waals surface area contributed by atoms with Crippen molar-refractivity contribution < 1.29 is 9.53 Å². The number of ether oxygens (including phenoxy) is 1. The average molecular weight is 241 g/mol. The first kappa shape index (κ1) is 12.3. The predicted octanol–water partition coefficient (Wildman–Crippen LogP) is 2.67. The van der Waals surface area contributed by atoms with Crippen LogP contribution < -0.4 is 10.5 Å². The monoisotopic (exact) mass is 241 g/mol. The Morgan fingerprint density at radius 3 is 2.50 bits per heavy atom. The van der Waals surface area contributed by atoms with Gasteiger partial charge in [0, 0.05) is 6.54 Å². The molecule has 0 saturated heterocycles. The molecule has 0 spiro atoms. The topological polar surface area (TPSA) is 52.3 Å². The summed E-state index contributed by atoms with van der Waals surface area (Å²) in [5.41, 5.74) is 8.15. The van der Waals surface area contributed by atoms with Crippen molar-refractivity contribution in [1.29, 1.82) is 0 Å². The van der Waals surface area contributed by atoms with Crippen molar-refractivity contribution in [3.05, 3.63) is 65.2 Å². The summed E-state index contributed by atoms with van der Waals surface area (Å²) in [6.45, 7) is 2.40. The minimum atomic E-state index is -0.354. The fraction of sp³-hybridized carbons (Fsp3) is 0.133. The Bertz CT molecular complexity index is 550. The Morgan fingerprint density at radius 2 is 1.89 bits per heavy atom. The lowest BCUT2D eigenvalue weighted by molar-refractivity contribution is 0.0734. The molecule has 0 bridgehead atoms. The first-order valence-corrected chi connectivity index (χ1v) is 5.77. The van der Waals surface area contributed by atoms with E-state index in [0.717, 1.165) is 11.1 Å². The van der Waals surface area contributed by atoms with Crippen molar-refractivity contribution in [2.24, 2.45) is 5.73 Å². The van der Waals surface area contributed by atoms with Crippen molar-refractivity contribution in [3.63, 3.8) is 0 Å². The van der Waals surface area contributed by atoms with Gasteiger partial charge in [-0.05, 0) is 42.3 Å². The molecule has 3 nitrogen and oxygen atoms in total. The molecular formula is C15H15NO2. The first-order chi connectivity index (χ1) is 8.70. The van der Waals surface area contributed by atoms with E-state index in [1.54, 1.807) is 24.3 Å². The van der Waals surface area contributed by atoms with E-state index in [4.69, 9.17) is 10.5 Å². The number of hydrogen-bond acceptors (Lipinski definition) is 3. The van der Waals surface area contributed by atoms with Gasteiger partial charge < -0.3 is 10.5 Å². The fourth-order valence-corrected chi connectivity index (χ4v) is 1.71. The standard InChI is InChI=1S/C15H15NO2/c1-11-9-12(7-8-13(11)10-16)15(17)18-14-5-3-2-4-6-14/h2-9H,10,16H2,1H3. The summed E-state index contributed by atoms with van der Waals surface area (Å²) in [7, 11) is 0. The molecule has 0 unspecified atom stereocenters. The molecule has 2 aromatic carbocycles. The summed E-state index contributed by atoms with van der Waals surface area (Å²) in [5, 5.41) is 0. The molecular weight excluding hydrogens is 226 g/mol. The van der Waals surface area contributed by atoms with Crippen LogP contribution in [0, 0.1) is 6.92 Å². The zero-order valence-corrected chi connectivity index (χ0v) is 10.2. The third-order valence-electron chi connectivity index (χ3n) is 2.75. The van der Waals surface area contributed by atoms with Crippen molar-refractivity contribution in [3.8, 4) is 5.75 Å². The van der Waals surface area contributed by atoms with Gasteiger partial charge in [0.25, 0.3) is 0 Å². The SMILES string of the molecule is Cc1cc(C(=O)Oc2ccccc2)ccc1CN. The molecule has 0 fully saturated rings. The van der Waals surface area contributed by atoms with E-state index in [-0.39, 0.29) is 5.97 Å². The normalized spacial score (nSPS) is 10.1. The highest BCUT2D eigenvalue weighted by atomic mass is 16.5. The van der Waals surface area contributed by atoms with Crippen LogP contribution in [0.3, 0.4) is 0 Å². The highest BCUT2D eigenvalue weighted by Crippen LogP contribution is 2.14. The predicted molar refractivity (Wildman–Crippen MR) is 70.5 cm³/mol. The summed E-state index contributed by atoms with van der Waals surface area (Å²) in [4.78, 5) is 11.9. The van der Waals surface area contributed by atoms with E-state index in [1.165, 1.54) is 0 Å². The van der Waals surface area contributed by atoms with E-state index in [1.807, 2.05) is 31.2 Å². The molecule has 2 rings (SSSR count). The lowest BCUT2D eigenvalue weighted by Gasteiger charge is -2.07. The molecule has 18 heavy (non-hydrogen) atoms. The largest absolute Gasteiger partial charge is 0.423 e. The Kier molecular flexibility index (Phi) is 3.75. The van der Waals surface area contributed by atoms with Gasteiger partial charge >= 0.3 is 5.97 Å². The van der Waals surface area contributed by atoms with Crippen LogP contribution in [0.25, 0.3) is 0 Å². The van der Waals surface area contributed by atoms with Gasteiger partial charge in [0.1, 0.15) is 5.75 Å². The zero-order valence-electron chi connectivity index (χ0n) is 10.2. The molecule has 2 N–H and O–H groups in total. The van der Waals surface area contributed by atoms with Crippen LogP contribution in [0.5, 0.6) is 5.75 Å². The van der Waals surface area contributed by atoms with Crippen LogP contribution in [0.1, 0.15) is 21.5 Å². The molecule has 2 aromatic rings. The maximum Gasteiger partial charge on any atom is 0.343 e. The van der Waals surface area contributed by atoms with Crippen LogP contribution in [-0.2, 0) is 6.54 Å². The number of esters is 1. The molecule has 92 valence electrons. The van der Waals surface area contributed by atoms with Gasteiger partial charge in [0.15, 0.2) is 0 Å². The molecule has 0 aromatic heterocycles. The van der Waals surface area contributed by atoms with Gasteiger partial charge in [0.2, 0.25) is 0 Å². The Morgan fingerprint density at radius 1 is 1.17 bits per heavy atom. The Hall–Kier alpha value is -2.13. The smallest absolute Gasteiger partial charge is 0.343 e. The molecule has 0 heterocycles. The van der Waals surface area contributed by atoms with Crippen molar-refractivity contribution in [2.45, 2.75) is 13.5 Å². The third kappa shape index (κ3) is 2.76.